The Hall–Kier alpha value is -1.55. The first kappa shape index (κ1) is 14.5. The SMILES string of the molecule is CCC(CN)(CCc1ccc(OC)cc1)C(=O)O. The second kappa shape index (κ2) is 6.40. The van der Waals surface area contributed by atoms with Crippen molar-refractivity contribution in [1.82, 2.24) is 0 Å². The highest BCUT2D eigenvalue weighted by atomic mass is 16.5. The van der Waals surface area contributed by atoms with Gasteiger partial charge in [0.2, 0.25) is 0 Å². The van der Waals surface area contributed by atoms with E-state index < -0.39 is 11.4 Å². The fourth-order valence-electron chi connectivity index (χ4n) is 1.94. The van der Waals surface area contributed by atoms with Crippen LogP contribution in [0, 0.1) is 5.41 Å². The molecular weight excluding hydrogens is 230 g/mol. The van der Waals surface area contributed by atoms with Crippen molar-refractivity contribution in [2.45, 2.75) is 26.2 Å². The molecule has 0 bridgehead atoms. The topological polar surface area (TPSA) is 72.5 Å². The van der Waals surface area contributed by atoms with Gasteiger partial charge in [-0.25, -0.2) is 0 Å². The van der Waals surface area contributed by atoms with Crippen molar-refractivity contribution in [3.05, 3.63) is 29.8 Å². The average molecular weight is 251 g/mol. The summed E-state index contributed by atoms with van der Waals surface area (Å²) in [7, 11) is 1.62. The van der Waals surface area contributed by atoms with Crippen LogP contribution in [-0.4, -0.2) is 24.7 Å². The summed E-state index contributed by atoms with van der Waals surface area (Å²) in [6.45, 7) is 2.05. The fourth-order valence-corrected chi connectivity index (χ4v) is 1.94. The van der Waals surface area contributed by atoms with E-state index in [9.17, 15) is 9.90 Å². The summed E-state index contributed by atoms with van der Waals surface area (Å²) in [5, 5.41) is 9.28. The molecule has 0 aliphatic carbocycles. The Morgan fingerprint density at radius 3 is 2.39 bits per heavy atom. The van der Waals surface area contributed by atoms with Crippen molar-refractivity contribution >= 4 is 5.97 Å². The maximum atomic E-state index is 11.3. The van der Waals surface area contributed by atoms with E-state index in [1.807, 2.05) is 31.2 Å². The van der Waals surface area contributed by atoms with E-state index in [2.05, 4.69) is 0 Å². The van der Waals surface area contributed by atoms with Gasteiger partial charge in [-0.2, -0.15) is 0 Å². The van der Waals surface area contributed by atoms with Gasteiger partial charge in [0.05, 0.1) is 12.5 Å². The first-order chi connectivity index (χ1) is 8.57. The third-order valence-electron chi connectivity index (χ3n) is 3.57. The molecule has 0 saturated carbocycles. The van der Waals surface area contributed by atoms with Crippen LogP contribution in [0.4, 0.5) is 0 Å². The van der Waals surface area contributed by atoms with Crippen molar-refractivity contribution in [1.29, 1.82) is 0 Å². The number of nitrogens with two attached hydrogens (primary N) is 1. The molecule has 0 spiro atoms. The van der Waals surface area contributed by atoms with Crippen molar-refractivity contribution in [3.63, 3.8) is 0 Å². The van der Waals surface area contributed by atoms with E-state index in [0.29, 0.717) is 19.3 Å². The first-order valence-corrected chi connectivity index (χ1v) is 6.14. The Morgan fingerprint density at radius 1 is 1.39 bits per heavy atom. The van der Waals surface area contributed by atoms with Crippen molar-refractivity contribution < 1.29 is 14.6 Å². The molecule has 1 aromatic rings. The lowest BCUT2D eigenvalue weighted by atomic mass is 9.80. The van der Waals surface area contributed by atoms with E-state index in [4.69, 9.17) is 10.5 Å². The van der Waals surface area contributed by atoms with E-state index >= 15 is 0 Å². The summed E-state index contributed by atoms with van der Waals surface area (Å²) in [5.41, 5.74) is 5.92. The molecule has 0 aliphatic rings. The third-order valence-corrected chi connectivity index (χ3v) is 3.57. The minimum absolute atomic E-state index is 0.176. The van der Waals surface area contributed by atoms with E-state index in [0.717, 1.165) is 11.3 Å². The summed E-state index contributed by atoms with van der Waals surface area (Å²) >= 11 is 0. The molecule has 0 radical (unpaired) electrons. The minimum atomic E-state index is -0.806. The van der Waals surface area contributed by atoms with E-state index in [1.54, 1.807) is 7.11 Å². The van der Waals surface area contributed by atoms with Crippen LogP contribution in [-0.2, 0) is 11.2 Å². The van der Waals surface area contributed by atoms with Gasteiger partial charge < -0.3 is 15.6 Å². The molecule has 100 valence electrons. The number of ether oxygens (including phenoxy) is 1. The Balaban J connectivity index is 2.69. The number of carbonyl (C=O) groups is 1. The van der Waals surface area contributed by atoms with Gasteiger partial charge in [-0.3, -0.25) is 4.79 Å². The highest BCUT2D eigenvalue weighted by Crippen LogP contribution is 2.27. The average Bonchev–Trinajstić information content (AvgIpc) is 2.41. The van der Waals surface area contributed by atoms with Crippen LogP contribution in [0.3, 0.4) is 0 Å². The molecule has 18 heavy (non-hydrogen) atoms. The van der Waals surface area contributed by atoms with Crippen LogP contribution in [0.1, 0.15) is 25.3 Å². The van der Waals surface area contributed by atoms with Gasteiger partial charge >= 0.3 is 5.97 Å². The normalized spacial score (nSPS) is 13.9. The van der Waals surface area contributed by atoms with Gasteiger partial charge in [0.1, 0.15) is 5.75 Å². The summed E-state index contributed by atoms with van der Waals surface area (Å²) in [4.78, 5) is 11.3. The standard InChI is InChI=1S/C14H21NO3/c1-3-14(10-15,13(16)17)9-8-11-4-6-12(18-2)7-5-11/h4-7H,3,8-10,15H2,1-2H3,(H,16,17). The number of carboxylic acids is 1. The number of aliphatic carboxylic acids is 1. The highest BCUT2D eigenvalue weighted by molar-refractivity contribution is 5.74. The number of aryl methyl sites for hydroxylation is 1. The summed E-state index contributed by atoms with van der Waals surface area (Å²) in [6.07, 6.45) is 1.82. The van der Waals surface area contributed by atoms with E-state index in [1.165, 1.54) is 0 Å². The second-order valence-electron chi connectivity index (χ2n) is 4.49. The quantitative estimate of drug-likeness (QED) is 0.778. The van der Waals surface area contributed by atoms with Crippen LogP contribution in [0.15, 0.2) is 24.3 Å². The third kappa shape index (κ3) is 3.23. The van der Waals surface area contributed by atoms with Crippen LogP contribution in [0.25, 0.3) is 0 Å². The minimum Gasteiger partial charge on any atom is -0.497 e. The number of hydrogen-bond acceptors (Lipinski definition) is 3. The molecule has 4 nitrogen and oxygen atoms in total. The number of hydrogen-bond donors (Lipinski definition) is 2. The molecule has 1 unspecified atom stereocenters. The molecule has 1 aromatic carbocycles. The lowest BCUT2D eigenvalue weighted by Gasteiger charge is -2.26. The molecule has 0 amide bonds. The van der Waals surface area contributed by atoms with Gasteiger partial charge in [-0.15, -0.1) is 0 Å². The predicted molar refractivity (Wildman–Crippen MR) is 70.7 cm³/mol. The molecule has 1 atom stereocenters. The predicted octanol–water partition coefficient (Wildman–Crippen LogP) is 2.07. The van der Waals surface area contributed by atoms with Gasteiger partial charge in [-0.05, 0) is 37.0 Å². The zero-order valence-corrected chi connectivity index (χ0v) is 11.0. The van der Waals surface area contributed by atoms with Crippen LogP contribution in [0.5, 0.6) is 5.75 Å². The Bertz CT molecular complexity index is 383. The zero-order valence-electron chi connectivity index (χ0n) is 11.0. The number of rotatable bonds is 7. The van der Waals surface area contributed by atoms with Gasteiger partial charge in [0.25, 0.3) is 0 Å². The summed E-state index contributed by atoms with van der Waals surface area (Å²) < 4.78 is 5.08. The molecule has 0 fully saturated rings. The van der Waals surface area contributed by atoms with Crippen LogP contribution in [0.2, 0.25) is 0 Å². The van der Waals surface area contributed by atoms with Crippen LogP contribution >= 0.6 is 0 Å². The Kier molecular flexibility index (Phi) is 5.16. The molecule has 1 rings (SSSR count). The second-order valence-corrected chi connectivity index (χ2v) is 4.49. The number of benzene rings is 1. The zero-order chi connectivity index (χ0) is 13.6. The summed E-state index contributed by atoms with van der Waals surface area (Å²) in [5.74, 6) is -0.00132. The maximum Gasteiger partial charge on any atom is 0.310 e. The monoisotopic (exact) mass is 251 g/mol. The molecule has 0 aromatic heterocycles. The Labute approximate surface area is 108 Å². The molecule has 0 heterocycles. The fraction of sp³-hybridized carbons (Fsp3) is 0.500. The smallest absolute Gasteiger partial charge is 0.310 e. The lowest BCUT2D eigenvalue weighted by Crippen LogP contribution is -2.38. The van der Waals surface area contributed by atoms with Crippen LogP contribution < -0.4 is 10.5 Å². The molecule has 0 aliphatic heterocycles. The van der Waals surface area contributed by atoms with Gasteiger partial charge in [0, 0.05) is 6.54 Å². The molecule has 4 heteroatoms. The molecule has 3 N–H and O–H groups in total. The van der Waals surface area contributed by atoms with Gasteiger partial charge in [-0.1, -0.05) is 19.1 Å². The van der Waals surface area contributed by atoms with Gasteiger partial charge in [0.15, 0.2) is 0 Å². The van der Waals surface area contributed by atoms with Crippen molar-refractivity contribution in [2.24, 2.45) is 11.1 Å². The van der Waals surface area contributed by atoms with E-state index in [-0.39, 0.29) is 6.54 Å². The lowest BCUT2D eigenvalue weighted by molar-refractivity contribution is -0.149. The largest absolute Gasteiger partial charge is 0.497 e. The van der Waals surface area contributed by atoms with Crippen molar-refractivity contribution in [2.75, 3.05) is 13.7 Å². The first-order valence-electron chi connectivity index (χ1n) is 6.14. The molecule has 0 saturated heterocycles. The number of carboxylic acid groups (broad SMARTS) is 1. The maximum absolute atomic E-state index is 11.3. The summed E-state index contributed by atoms with van der Waals surface area (Å²) in [6, 6.07) is 7.67. The molecular formula is C14H21NO3. The highest BCUT2D eigenvalue weighted by Gasteiger charge is 2.34. The number of methoxy groups -OCH3 is 1. The van der Waals surface area contributed by atoms with Crippen molar-refractivity contribution in [3.8, 4) is 5.75 Å². The Morgan fingerprint density at radius 2 is 2.00 bits per heavy atom.